The van der Waals surface area contributed by atoms with Gasteiger partial charge in [0, 0.05) is 9.11 Å². The zero-order valence-corrected chi connectivity index (χ0v) is 6.69. The molecule has 0 atom stereocenters. The van der Waals surface area contributed by atoms with E-state index >= 15 is 0 Å². The third-order valence-electron chi connectivity index (χ3n) is 1.48. The second-order valence-corrected chi connectivity index (χ2v) is 2.48. The van der Waals surface area contributed by atoms with Crippen molar-refractivity contribution in [1.82, 2.24) is 0 Å². The van der Waals surface area contributed by atoms with Gasteiger partial charge in [-0.05, 0) is 24.1 Å². The molecule has 4 nitrogen and oxygen atoms in total. The van der Waals surface area contributed by atoms with Crippen molar-refractivity contribution in [2.75, 3.05) is 0 Å². The van der Waals surface area contributed by atoms with E-state index in [9.17, 15) is 4.79 Å². The highest BCUT2D eigenvalue weighted by Crippen LogP contribution is 2.25. The lowest BCUT2D eigenvalue weighted by Gasteiger charge is -2.01. The van der Waals surface area contributed by atoms with Crippen LogP contribution in [0.1, 0.15) is 14.7 Å². The van der Waals surface area contributed by atoms with Gasteiger partial charge in [-0.1, -0.05) is 6.07 Å². The van der Waals surface area contributed by atoms with Crippen LogP contribution in [0.3, 0.4) is 0 Å². The molecule has 3 N–H and O–H groups in total. The van der Waals surface area contributed by atoms with Gasteiger partial charge in [-0.25, -0.2) is 0 Å². The summed E-state index contributed by atoms with van der Waals surface area (Å²) in [5.41, 5.74) is 0.303. The van der Waals surface area contributed by atoms with Crippen molar-refractivity contribution in [2.45, 2.75) is 12.8 Å². The molecule has 4 heteroatoms. The molecule has 0 fully saturated rings. The number of benzene rings is 1. The van der Waals surface area contributed by atoms with Crippen LogP contribution in [0.5, 0.6) is 11.5 Å². The lowest BCUT2D eigenvalue weighted by atomic mass is 10.1. The summed E-state index contributed by atoms with van der Waals surface area (Å²) in [4.78, 5) is 10.5. The Bertz CT molecular complexity index is 390. The molecule has 0 radical (unpaired) electrons. The van der Waals surface area contributed by atoms with E-state index in [0.717, 1.165) is 6.07 Å². The molecule has 0 spiro atoms. The van der Waals surface area contributed by atoms with Crippen LogP contribution in [-0.4, -0.2) is 21.3 Å². The highest BCUT2D eigenvalue weighted by atomic mass is 16.4. The number of aliphatic carboxylic acids is 1. The van der Waals surface area contributed by atoms with Crippen LogP contribution in [0.25, 0.3) is 0 Å². The highest BCUT2D eigenvalue weighted by Gasteiger charge is 2.02. The number of rotatable bonds is 3. The van der Waals surface area contributed by atoms with Crippen LogP contribution in [0.4, 0.5) is 0 Å². The molecule has 0 unspecified atom stereocenters. The average molecular weight is 184 g/mol. The third-order valence-corrected chi connectivity index (χ3v) is 1.48. The number of carbonyl (C=O) groups is 1. The second kappa shape index (κ2) is 3.80. The topological polar surface area (TPSA) is 77.8 Å². The fourth-order valence-corrected chi connectivity index (χ4v) is 0.857. The Morgan fingerprint density at radius 2 is 2.08 bits per heavy atom. The van der Waals surface area contributed by atoms with Gasteiger partial charge in [0.2, 0.25) is 0 Å². The first-order chi connectivity index (χ1) is 6.83. The maximum absolute atomic E-state index is 10.5. The molecule has 0 heterocycles. The van der Waals surface area contributed by atoms with Gasteiger partial charge in [0.1, 0.15) is 0 Å². The minimum atomic E-state index is -2.39. The number of phenols is 2. The third kappa shape index (κ3) is 2.66. The summed E-state index contributed by atoms with van der Waals surface area (Å²) in [5, 5.41) is 26.6. The van der Waals surface area contributed by atoms with E-state index in [1.165, 1.54) is 12.1 Å². The molecule has 0 saturated carbocycles. The molecule has 0 bridgehead atoms. The number of carboxylic acid groups (broad SMARTS) is 1. The molecular weight excluding hydrogens is 172 g/mol. The van der Waals surface area contributed by atoms with E-state index in [1.54, 1.807) is 0 Å². The number of hydrogen-bond donors (Lipinski definition) is 3. The Morgan fingerprint density at radius 3 is 2.62 bits per heavy atom. The highest BCUT2D eigenvalue weighted by molar-refractivity contribution is 5.67. The van der Waals surface area contributed by atoms with Crippen LogP contribution in [0.15, 0.2) is 18.2 Å². The summed E-state index contributed by atoms with van der Waals surface area (Å²) in [5.74, 6) is -2.28. The van der Waals surface area contributed by atoms with E-state index in [-0.39, 0.29) is 12.2 Å². The fourth-order valence-electron chi connectivity index (χ4n) is 0.857. The van der Waals surface area contributed by atoms with Crippen LogP contribution < -0.4 is 0 Å². The first-order valence-corrected chi connectivity index (χ1v) is 3.57. The zero-order valence-electron chi connectivity index (χ0n) is 8.69. The van der Waals surface area contributed by atoms with Crippen molar-refractivity contribution in [2.24, 2.45) is 0 Å². The molecule has 1 aromatic carbocycles. The SMILES string of the molecule is [2H]C([2H])(Cc1ccc(O)c(O)c1)C(=O)O. The van der Waals surface area contributed by atoms with Crippen LogP contribution in [0, 0.1) is 0 Å². The predicted molar refractivity (Wildman–Crippen MR) is 45.7 cm³/mol. The summed E-state index contributed by atoms with van der Waals surface area (Å²) in [7, 11) is 0. The van der Waals surface area contributed by atoms with Crippen LogP contribution in [0.2, 0.25) is 0 Å². The Hall–Kier alpha value is -1.71. The molecule has 0 aromatic heterocycles. The maximum Gasteiger partial charge on any atom is 0.303 e. The number of carboxylic acids is 1. The molecule has 0 aliphatic rings. The predicted octanol–water partition coefficient (Wildman–Crippen LogP) is 1.11. The lowest BCUT2D eigenvalue weighted by Crippen LogP contribution is -1.96. The van der Waals surface area contributed by atoms with Gasteiger partial charge in [-0.3, -0.25) is 4.79 Å². The molecule has 0 amide bonds. The van der Waals surface area contributed by atoms with Crippen molar-refractivity contribution in [3.05, 3.63) is 23.8 Å². The monoisotopic (exact) mass is 184 g/mol. The molecule has 0 saturated heterocycles. The normalized spacial score (nSPS) is 13.2. The van der Waals surface area contributed by atoms with Gasteiger partial charge in [0.15, 0.2) is 11.5 Å². The quantitative estimate of drug-likeness (QED) is 0.615. The van der Waals surface area contributed by atoms with E-state index < -0.39 is 18.1 Å². The molecule has 0 aliphatic carbocycles. The van der Waals surface area contributed by atoms with Crippen molar-refractivity contribution in [1.29, 1.82) is 0 Å². The van der Waals surface area contributed by atoms with Gasteiger partial charge in [-0.15, -0.1) is 0 Å². The van der Waals surface area contributed by atoms with Crippen LogP contribution >= 0.6 is 0 Å². The summed E-state index contributed by atoms with van der Waals surface area (Å²) < 4.78 is 14.3. The van der Waals surface area contributed by atoms with Crippen LogP contribution in [-0.2, 0) is 11.2 Å². The van der Waals surface area contributed by atoms with Gasteiger partial charge in [0.25, 0.3) is 0 Å². The molecule has 0 aliphatic heterocycles. The van der Waals surface area contributed by atoms with E-state index in [1.807, 2.05) is 0 Å². The summed E-state index contributed by atoms with van der Waals surface area (Å²) in [6, 6.07) is 3.68. The van der Waals surface area contributed by atoms with Crippen molar-refractivity contribution >= 4 is 5.97 Å². The Kier molecular flexibility index (Phi) is 1.98. The molecule has 13 heavy (non-hydrogen) atoms. The van der Waals surface area contributed by atoms with Crippen molar-refractivity contribution in [3.63, 3.8) is 0 Å². The minimum Gasteiger partial charge on any atom is -0.504 e. The van der Waals surface area contributed by atoms with E-state index in [2.05, 4.69) is 0 Å². The Balaban J connectivity index is 2.91. The van der Waals surface area contributed by atoms with Gasteiger partial charge in [0.05, 0.1) is 0 Å². The fraction of sp³-hybridized carbons (Fsp3) is 0.222. The van der Waals surface area contributed by atoms with Gasteiger partial charge < -0.3 is 15.3 Å². The van der Waals surface area contributed by atoms with Gasteiger partial charge >= 0.3 is 5.97 Å². The Labute approximate surface area is 77.9 Å². The molecule has 70 valence electrons. The smallest absolute Gasteiger partial charge is 0.303 e. The summed E-state index contributed by atoms with van der Waals surface area (Å²) in [6.45, 7) is 0. The average Bonchev–Trinajstić information content (AvgIpc) is 2.10. The number of hydrogen-bond acceptors (Lipinski definition) is 3. The second-order valence-electron chi connectivity index (χ2n) is 2.48. The van der Waals surface area contributed by atoms with Gasteiger partial charge in [-0.2, -0.15) is 0 Å². The number of aryl methyl sites for hydroxylation is 1. The standard InChI is InChI=1S/C9H10O4/c10-7-3-1-6(5-8(7)11)2-4-9(12)13/h1,3,5,10-11H,2,4H2,(H,12,13)/i4D2. The zero-order chi connectivity index (χ0) is 11.6. The summed E-state index contributed by atoms with van der Waals surface area (Å²) >= 11 is 0. The molecular formula is C9H10O4. The van der Waals surface area contributed by atoms with E-state index in [4.69, 9.17) is 18.1 Å². The number of phenolic OH excluding ortho intramolecular Hbond substituents is 2. The largest absolute Gasteiger partial charge is 0.504 e. The lowest BCUT2D eigenvalue weighted by molar-refractivity contribution is -0.136. The first-order valence-electron chi connectivity index (χ1n) is 4.57. The summed E-state index contributed by atoms with van der Waals surface area (Å²) in [6.07, 6.45) is -2.75. The maximum atomic E-state index is 10.5. The molecule has 1 rings (SSSR count). The minimum absolute atomic E-state index is 0.303. The van der Waals surface area contributed by atoms with E-state index in [0.29, 0.717) is 5.56 Å². The van der Waals surface area contributed by atoms with Crippen molar-refractivity contribution in [3.8, 4) is 11.5 Å². The number of aromatic hydroxyl groups is 2. The first kappa shape index (κ1) is 6.77. The van der Waals surface area contributed by atoms with Crippen molar-refractivity contribution < 1.29 is 22.9 Å². The molecule has 1 aromatic rings. The Morgan fingerprint density at radius 1 is 1.38 bits per heavy atom.